The number of hydrogen-bond donors (Lipinski definition) is 3. The van der Waals surface area contributed by atoms with Crippen molar-refractivity contribution >= 4 is 27.5 Å². The molecule has 0 saturated heterocycles. The van der Waals surface area contributed by atoms with E-state index in [0.29, 0.717) is 11.3 Å². The lowest BCUT2D eigenvalue weighted by molar-refractivity contribution is 0.0945. The number of nitrogens with two attached hydrogens (primary N) is 1. The highest BCUT2D eigenvalue weighted by atomic mass is 79.9. The van der Waals surface area contributed by atoms with Gasteiger partial charge in [0.1, 0.15) is 0 Å². The van der Waals surface area contributed by atoms with Gasteiger partial charge in [0.15, 0.2) is 0 Å². The van der Waals surface area contributed by atoms with Crippen molar-refractivity contribution < 1.29 is 9.90 Å². The summed E-state index contributed by atoms with van der Waals surface area (Å²) >= 11 is 3.23. The van der Waals surface area contributed by atoms with Crippen molar-refractivity contribution in [2.45, 2.75) is 0 Å². The number of amides is 1. The predicted octanol–water partition coefficient (Wildman–Crippen LogP) is 0.753. The summed E-state index contributed by atoms with van der Waals surface area (Å²) in [6, 6.07) is 4.95. The highest BCUT2D eigenvalue weighted by Gasteiger charge is 2.05. The maximum atomic E-state index is 11.4. The Kier molecular flexibility index (Phi) is 3.91. The van der Waals surface area contributed by atoms with Crippen LogP contribution >= 0.6 is 15.9 Å². The standard InChI is InChI=1S/C9H11BrN2O2/c10-7-2-1-6(5-8(7)11)9(14)12-3-4-13/h1-2,5,13H,3-4,11H2,(H,12,14). The first-order valence-electron chi connectivity index (χ1n) is 4.09. The normalized spacial score (nSPS) is 9.86. The highest BCUT2D eigenvalue weighted by Crippen LogP contribution is 2.19. The van der Waals surface area contributed by atoms with E-state index in [-0.39, 0.29) is 19.1 Å². The minimum Gasteiger partial charge on any atom is -0.398 e. The minimum absolute atomic E-state index is 0.0717. The largest absolute Gasteiger partial charge is 0.398 e. The zero-order valence-corrected chi connectivity index (χ0v) is 9.04. The van der Waals surface area contributed by atoms with Crippen molar-refractivity contribution in [3.05, 3.63) is 28.2 Å². The summed E-state index contributed by atoms with van der Waals surface area (Å²) in [7, 11) is 0. The molecule has 0 bridgehead atoms. The highest BCUT2D eigenvalue weighted by molar-refractivity contribution is 9.10. The van der Waals surface area contributed by atoms with Crippen LogP contribution in [0.4, 0.5) is 5.69 Å². The number of halogens is 1. The van der Waals surface area contributed by atoms with Crippen molar-refractivity contribution in [2.24, 2.45) is 0 Å². The molecular formula is C9H11BrN2O2. The molecule has 0 heterocycles. The van der Waals surface area contributed by atoms with Crippen LogP contribution < -0.4 is 11.1 Å². The first kappa shape index (κ1) is 11.0. The molecule has 1 rings (SSSR count). The summed E-state index contributed by atoms with van der Waals surface area (Å²) in [6.07, 6.45) is 0. The third kappa shape index (κ3) is 2.71. The summed E-state index contributed by atoms with van der Waals surface area (Å²) in [4.78, 5) is 11.4. The molecule has 1 aromatic rings. The second-order valence-corrected chi connectivity index (χ2v) is 3.57. The quantitative estimate of drug-likeness (QED) is 0.701. The number of rotatable bonds is 3. The number of carbonyl (C=O) groups excluding carboxylic acids is 1. The van der Waals surface area contributed by atoms with Gasteiger partial charge in [0.25, 0.3) is 5.91 Å². The summed E-state index contributed by atoms with van der Waals surface area (Å²) in [5.41, 5.74) is 6.61. The molecule has 0 saturated carbocycles. The van der Waals surface area contributed by atoms with Crippen LogP contribution in [0.1, 0.15) is 10.4 Å². The van der Waals surface area contributed by atoms with Gasteiger partial charge in [-0.05, 0) is 34.1 Å². The molecule has 0 atom stereocenters. The number of nitrogens with one attached hydrogen (secondary N) is 1. The second kappa shape index (κ2) is 4.97. The molecule has 0 aliphatic rings. The second-order valence-electron chi connectivity index (χ2n) is 2.72. The van der Waals surface area contributed by atoms with Crippen molar-refractivity contribution in [1.82, 2.24) is 5.32 Å². The molecule has 0 aliphatic heterocycles. The third-order valence-electron chi connectivity index (χ3n) is 1.66. The first-order valence-corrected chi connectivity index (χ1v) is 4.88. The Balaban J connectivity index is 2.76. The van der Waals surface area contributed by atoms with E-state index in [1.807, 2.05) is 0 Å². The Morgan fingerprint density at radius 1 is 1.57 bits per heavy atom. The van der Waals surface area contributed by atoms with Crippen molar-refractivity contribution in [2.75, 3.05) is 18.9 Å². The van der Waals surface area contributed by atoms with Crippen LogP contribution in [0.25, 0.3) is 0 Å². The number of anilines is 1. The Hall–Kier alpha value is -1.07. The zero-order chi connectivity index (χ0) is 10.6. The van der Waals surface area contributed by atoms with Gasteiger partial charge in [-0.1, -0.05) is 0 Å². The van der Waals surface area contributed by atoms with Crippen LogP contribution in [-0.4, -0.2) is 24.2 Å². The topological polar surface area (TPSA) is 75.4 Å². The van der Waals surface area contributed by atoms with Crippen LogP contribution in [0.15, 0.2) is 22.7 Å². The number of benzene rings is 1. The van der Waals surface area contributed by atoms with E-state index in [2.05, 4.69) is 21.2 Å². The van der Waals surface area contributed by atoms with Gasteiger partial charge in [-0.3, -0.25) is 4.79 Å². The fourth-order valence-electron chi connectivity index (χ4n) is 0.956. The lowest BCUT2D eigenvalue weighted by atomic mass is 10.2. The van der Waals surface area contributed by atoms with E-state index in [1.165, 1.54) is 0 Å². The predicted molar refractivity (Wildman–Crippen MR) is 58.0 cm³/mol. The molecule has 0 spiro atoms. The van der Waals surface area contributed by atoms with Gasteiger partial charge in [0, 0.05) is 22.3 Å². The molecule has 1 aromatic carbocycles. The van der Waals surface area contributed by atoms with Crippen LogP contribution in [0.2, 0.25) is 0 Å². The van der Waals surface area contributed by atoms with E-state index < -0.39 is 0 Å². The fraction of sp³-hybridized carbons (Fsp3) is 0.222. The van der Waals surface area contributed by atoms with E-state index in [0.717, 1.165) is 4.47 Å². The molecule has 5 heteroatoms. The number of nitrogen functional groups attached to an aromatic ring is 1. The molecule has 1 amide bonds. The maximum absolute atomic E-state index is 11.4. The van der Waals surface area contributed by atoms with E-state index >= 15 is 0 Å². The number of hydrogen-bond acceptors (Lipinski definition) is 3. The molecule has 4 N–H and O–H groups in total. The van der Waals surface area contributed by atoms with Gasteiger partial charge < -0.3 is 16.2 Å². The molecule has 76 valence electrons. The van der Waals surface area contributed by atoms with Gasteiger partial charge >= 0.3 is 0 Å². The van der Waals surface area contributed by atoms with E-state index in [4.69, 9.17) is 10.8 Å². The lowest BCUT2D eigenvalue weighted by Crippen LogP contribution is -2.26. The Labute approximate surface area is 90.2 Å². The van der Waals surface area contributed by atoms with Crippen molar-refractivity contribution in [3.63, 3.8) is 0 Å². The summed E-state index contributed by atoms with van der Waals surface area (Å²) in [5.74, 6) is -0.238. The van der Waals surface area contributed by atoms with Crippen LogP contribution in [0, 0.1) is 0 Å². The first-order chi connectivity index (χ1) is 6.65. The van der Waals surface area contributed by atoms with E-state index in [1.54, 1.807) is 18.2 Å². The summed E-state index contributed by atoms with van der Waals surface area (Å²) in [6.45, 7) is 0.173. The molecule has 14 heavy (non-hydrogen) atoms. The monoisotopic (exact) mass is 258 g/mol. The molecule has 0 aliphatic carbocycles. The zero-order valence-electron chi connectivity index (χ0n) is 7.46. The Morgan fingerprint density at radius 2 is 2.29 bits per heavy atom. The number of aliphatic hydroxyl groups is 1. The van der Waals surface area contributed by atoms with Gasteiger partial charge in [0.2, 0.25) is 0 Å². The van der Waals surface area contributed by atoms with Crippen LogP contribution in [0.5, 0.6) is 0 Å². The third-order valence-corrected chi connectivity index (χ3v) is 2.38. The van der Waals surface area contributed by atoms with Gasteiger partial charge in [-0.15, -0.1) is 0 Å². The smallest absolute Gasteiger partial charge is 0.251 e. The van der Waals surface area contributed by atoms with Gasteiger partial charge in [-0.2, -0.15) is 0 Å². The van der Waals surface area contributed by atoms with Crippen LogP contribution in [-0.2, 0) is 0 Å². The number of aliphatic hydroxyl groups excluding tert-OH is 1. The van der Waals surface area contributed by atoms with Gasteiger partial charge in [0.05, 0.1) is 6.61 Å². The molecule has 0 aromatic heterocycles. The SMILES string of the molecule is Nc1cc(C(=O)NCCO)ccc1Br. The van der Waals surface area contributed by atoms with Crippen LogP contribution in [0.3, 0.4) is 0 Å². The lowest BCUT2D eigenvalue weighted by Gasteiger charge is -2.04. The van der Waals surface area contributed by atoms with Crippen molar-refractivity contribution in [3.8, 4) is 0 Å². The molecule has 0 unspecified atom stereocenters. The van der Waals surface area contributed by atoms with Gasteiger partial charge in [-0.25, -0.2) is 0 Å². The Bertz CT molecular complexity index is 342. The molecule has 4 nitrogen and oxygen atoms in total. The Morgan fingerprint density at radius 3 is 2.86 bits per heavy atom. The molecular weight excluding hydrogens is 248 g/mol. The van der Waals surface area contributed by atoms with Crippen molar-refractivity contribution in [1.29, 1.82) is 0 Å². The molecule has 0 fully saturated rings. The number of carbonyl (C=O) groups is 1. The average Bonchev–Trinajstić information content (AvgIpc) is 2.18. The average molecular weight is 259 g/mol. The summed E-state index contributed by atoms with van der Waals surface area (Å²) in [5, 5.41) is 11.0. The minimum atomic E-state index is -0.238. The molecule has 0 radical (unpaired) electrons. The van der Waals surface area contributed by atoms with E-state index in [9.17, 15) is 4.79 Å². The fourth-order valence-corrected chi connectivity index (χ4v) is 1.20. The maximum Gasteiger partial charge on any atom is 0.251 e. The summed E-state index contributed by atoms with van der Waals surface area (Å²) < 4.78 is 0.760.